The zero-order chi connectivity index (χ0) is 13.8. The lowest BCUT2D eigenvalue weighted by atomic mass is 10.00. The Kier molecular flexibility index (Phi) is 3.92. The Labute approximate surface area is 118 Å². The molecule has 0 fully saturated rings. The Morgan fingerprint density at radius 2 is 2.30 bits per heavy atom. The summed E-state index contributed by atoms with van der Waals surface area (Å²) in [5.41, 5.74) is 1.18. The lowest BCUT2D eigenvalue weighted by Crippen LogP contribution is -2.28. The molecule has 0 aliphatic carbocycles. The smallest absolute Gasteiger partial charge is 0.124 e. The van der Waals surface area contributed by atoms with E-state index in [0.717, 1.165) is 43.3 Å². The molecule has 1 unspecified atom stereocenters. The maximum Gasteiger partial charge on any atom is 0.124 e. The molecule has 2 heterocycles. The van der Waals surface area contributed by atoms with E-state index in [1.165, 1.54) is 5.56 Å². The number of nitrogens with one attached hydrogen (secondary N) is 1. The fourth-order valence-corrected chi connectivity index (χ4v) is 2.54. The van der Waals surface area contributed by atoms with Gasteiger partial charge in [-0.15, -0.1) is 0 Å². The molecule has 3 rings (SSSR count). The summed E-state index contributed by atoms with van der Waals surface area (Å²) in [4.78, 5) is 0. The maximum atomic E-state index is 5.69. The zero-order valence-electron chi connectivity index (χ0n) is 11.6. The van der Waals surface area contributed by atoms with Crippen LogP contribution in [0.3, 0.4) is 0 Å². The monoisotopic (exact) mass is 273 g/mol. The summed E-state index contributed by atoms with van der Waals surface area (Å²) in [6, 6.07) is 10.2. The number of hydrogen-bond acceptors (Lipinski definition) is 4. The molecule has 1 aromatic carbocycles. The molecule has 0 bridgehead atoms. The van der Waals surface area contributed by atoms with Crippen molar-refractivity contribution in [3.8, 4) is 11.5 Å². The third-order valence-electron chi connectivity index (χ3n) is 3.60. The van der Waals surface area contributed by atoms with E-state index in [-0.39, 0.29) is 0 Å². The highest BCUT2D eigenvalue weighted by Crippen LogP contribution is 2.34. The van der Waals surface area contributed by atoms with Crippen molar-refractivity contribution in [1.82, 2.24) is 5.32 Å². The van der Waals surface area contributed by atoms with Gasteiger partial charge < -0.3 is 19.2 Å². The first-order chi connectivity index (χ1) is 9.86. The predicted molar refractivity (Wildman–Crippen MR) is 76.3 cm³/mol. The highest BCUT2D eigenvalue weighted by atomic mass is 16.5. The topological polar surface area (TPSA) is 43.6 Å². The van der Waals surface area contributed by atoms with Crippen LogP contribution >= 0.6 is 0 Å². The van der Waals surface area contributed by atoms with Crippen molar-refractivity contribution in [2.45, 2.75) is 18.9 Å². The quantitative estimate of drug-likeness (QED) is 0.909. The van der Waals surface area contributed by atoms with E-state index in [1.54, 1.807) is 13.4 Å². The van der Waals surface area contributed by atoms with Crippen LogP contribution in [0.15, 0.2) is 41.0 Å². The molecule has 106 valence electrons. The first-order valence-corrected chi connectivity index (χ1v) is 6.93. The van der Waals surface area contributed by atoms with Gasteiger partial charge in [-0.25, -0.2) is 0 Å². The molecule has 2 aromatic rings. The van der Waals surface area contributed by atoms with Crippen molar-refractivity contribution in [2.24, 2.45) is 0 Å². The molecular formula is C16H19NO3. The highest BCUT2D eigenvalue weighted by Gasteiger charge is 2.21. The van der Waals surface area contributed by atoms with E-state index in [2.05, 4.69) is 11.4 Å². The first-order valence-electron chi connectivity index (χ1n) is 6.93. The van der Waals surface area contributed by atoms with Crippen molar-refractivity contribution in [3.05, 3.63) is 47.9 Å². The summed E-state index contributed by atoms with van der Waals surface area (Å²) in [7, 11) is 1.69. The molecule has 1 aliphatic rings. The van der Waals surface area contributed by atoms with Gasteiger partial charge >= 0.3 is 0 Å². The summed E-state index contributed by atoms with van der Waals surface area (Å²) >= 11 is 0. The van der Waals surface area contributed by atoms with Gasteiger partial charge in [-0.2, -0.15) is 0 Å². The molecule has 0 radical (unpaired) electrons. The molecule has 0 saturated heterocycles. The lowest BCUT2D eigenvalue weighted by Gasteiger charge is -2.27. The van der Waals surface area contributed by atoms with Gasteiger partial charge in [0.1, 0.15) is 17.3 Å². The summed E-state index contributed by atoms with van der Waals surface area (Å²) in [6.07, 6.45) is 3.58. The van der Waals surface area contributed by atoms with Gasteiger partial charge in [0.15, 0.2) is 0 Å². The number of furan rings is 1. The first kappa shape index (κ1) is 13.1. The van der Waals surface area contributed by atoms with Crippen LogP contribution in [0.5, 0.6) is 11.5 Å². The van der Waals surface area contributed by atoms with Gasteiger partial charge in [0, 0.05) is 31.0 Å². The van der Waals surface area contributed by atoms with Crippen molar-refractivity contribution in [2.75, 3.05) is 20.3 Å². The van der Waals surface area contributed by atoms with Gasteiger partial charge in [0.2, 0.25) is 0 Å². The number of ether oxygens (including phenoxy) is 2. The molecule has 1 aromatic heterocycles. The van der Waals surface area contributed by atoms with Crippen LogP contribution in [0.2, 0.25) is 0 Å². The molecule has 1 N–H and O–H groups in total. The van der Waals surface area contributed by atoms with E-state index >= 15 is 0 Å². The Morgan fingerprint density at radius 3 is 3.10 bits per heavy atom. The van der Waals surface area contributed by atoms with E-state index in [9.17, 15) is 0 Å². The fourth-order valence-electron chi connectivity index (χ4n) is 2.54. The molecule has 0 saturated carbocycles. The van der Waals surface area contributed by atoms with Crippen LogP contribution in [0.25, 0.3) is 0 Å². The molecule has 20 heavy (non-hydrogen) atoms. The largest absolute Gasteiger partial charge is 0.497 e. The van der Waals surface area contributed by atoms with Gasteiger partial charge in [0.05, 0.1) is 20.0 Å². The summed E-state index contributed by atoms with van der Waals surface area (Å²) in [5, 5.41) is 3.57. The Hall–Kier alpha value is -1.94. The highest BCUT2D eigenvalue weighted by molar-refractivity contribution is 5.43. The normalized spacial score (nSPS) is 17.4. The molecule has 4 heteroatoms. The number of methoxy groups -OCH3 is 1. The molecule has 1 atom stereocenters. The van der Waals surface area contributed by atoms with Crippen molar-refractivity contribution in [1.29, 1.82) is 0 Å². The van der Waals surface area contributed by atoms with Crippen LogP contribution in [0.4, 0.5) is 0 Å². The van der Waals surface area contributed by atoms with E-state index in [4.69, 9.17) is 13.9 Å². The number of hydrogen-bond donors (Lipinski definition) is 1. The fraction of sp³-hybridized carbons (Fsp3) is 0.375. The number of rotatable bonds is 5. The number of fused-ring (bicyclic) bond motifs is 1. The minimum Gasteiger partial charge on any atom is -0.497 e. The van der Waals surface area contributed by atoms with Crippen LogP contribution in [-0.4, -0.2) is 20.3 Å². The Balaban J connectivity index is 1.66. The standard InChI is InChI=1S/C16H19NO3/c1-18-13-4-5-16-14(11-13)15(7-10-20-16)17-8-6-12-3-2-9-19-12/h2-5,9,11,15,17H,6-8,10H2,1H3. The van der Waals surface area contributed by atoms with Gasteiger partial charge in [-0.3, -0.25) is 0 Å². The average Bonchev–Trinajstić information content (AvgIpc) is 3.00. The van der Waals surface area contributed by atoms with Gasteiger partial charge in [-0.1, -0.05) is 0 Å². The van der Waals surface area contributed by atoms with E-state index < -0.39 is 0 Å². The summed E-state index contributed by atoms with van der Waals surface area (Å²) in [6.45, 7) is 1.63. The van der Waals surface area contributed by atoms with Crippen LogP contribution < -0.4 is 14.8 Å². The third-order valence-corrected chi connectivity index (χ3v) is 3.60. The van der Waals surface area contributed by atoms with E-state index in [1.807, 2.05) is 24.3 Å². The minimum atomic E-state index is 0.309. The lowest BCUT2D eigenvalue weighted by molar-refractivity contribution is 0.251. The molecule has 0 amide bonds. The van der Waals surface area contributed by atoms with Crippen LogP contribution in [0, 0.1) is 0 Å². The molecule has 4 nitrogen and oxygen atoms in total. The summed E-state index contributed by atoms with van der Waals surface area (Å²) in [5.74, 6) is 2.83. The second-order valence-corrected chi connectivity index (χ2v) is 4.88. The Bertz CT molecular complexity index is 551. The molecule has 1 aliphatic heterocycles. The second-order valence-electron chi connectivity index (χ2n) is 4.88. The SMILES string of the molecule is COc1ccc2c(c1)C(NCCc1ccco1)CCO2. The second kappa shape index (κ2) is 6.01. The van der Waals surface area contributed by atoms with Crippen molar-refractivity contribution >= 4 is 0 Å². The van der Waals surface area contributed by atoms with Crippen molar-refractivity contribution < 1.29 is 13.9 Å². The molecular weight excluding hydrogens is 254 g/mol. The van der Waals surface area contributed by atoms with Gasteiger partial charge in [0.25, 0.3) is 0 Å². The Morgan fingerprint density at radius 1 is 1.35 bits per heavy atom. The van der Waals surface area contributed by atoms with Crippen LogP contribution in [0.1, 0.15) is 23.8 Å². The number of benzene rings is 1. The third kappa shape index (κ3) is 2.80. The summed E-state index contributed by atoms with van der Waals surface area (Å²) < 4.78 is 16.3. The zero-order valence-corrected chi connectivity index (χ0v) is 11.6. The minimum absolute atomic E-state index is 0.309. The van der Waals surface area contributed by atoms with Crippen LogP contribution in [-0.2, 0) is 6.42 Å². The van der Waals surface area contributed by atoms with E-state index in [0.29, 0.717) is 6.04 Å². The maximum absolute atomic E-state index is 5.69. The average molecular weight is 273 g/mol. The van der Waals surface area contributed by atoms with Gasteiger partial charge in [-0.05, 0) is 30.3 Å². The molecule has 0 spiro atoms. The van der Waals surface area contributed by atoms with Crippen molar-refractivity contribution in [3.63, 3.8) is 0 Å². The predicted octanol–water partition coefficient (Wildman–Crippen LogP) is 2.94.